The molecule has 0 aliphatic rings. The quantitative estimate of drug-likeness (QED) is 0.0935. The van der Waals surface area contributed by atoms with Crippen LogP contribution in [0, 0.1) is 39.5 Å². The molecule has 0 fully saturated rings. The molecule has 0 aliphatic carbocycles. The molecule has 0 radical (unpaired) electrons. The molecule has 696 valence electrons. The van der Waals surface area contributed by atoms with E-state index >= 15 is 0 Å². The standard InChI is InChI=1S/2C62H68N3O.2Pt/c2*1-37(2)44-28-45(38(3)4)30-46(29-44)42-23-24-55(40(6)27-42)65-56-18-16-17-51(57(56)64-59(65)52-35-50(61(10,11)12)36-53(58(52)66)62(13,14)15)47-31-48(33-49(32-47)60(7,8)9)54-34-43(25-26-63-54)41-21-19-39(5)20-22-41;;/h2*16-30,32-38,66H,1-15H3;;/q2*-1;;/i5D3,6D3,19D,20D,21D,22D,25D,26D,34D,37D;5D3,6D3,19D,20D,21D,22D,37D;;. The molecule has 8 nitrogen and oxygen atoms in total. The fourth-order valence-corrected chi connectivity index (χ4v) is 16.6. The number of benzene rings is 12. The summed E-state index contributed by atoms with van der Waals surface area (Å²) in [6, 6.07) is 53.1. The van der Waals surface area contributed by atoms with Crippen LogP contribution in [0.2, 0.25) is 0 Å². The van der Waals surface area contributed by atoms with Gasteiger partial charge in [0, 0.05) is 96.2 Å². The number of hydrogen-bond donors (Lipinski definition) is 2. The van der Waals surface area contributed by atoms with Crippen molar-refractivity contribution >= 4 is 22.1 Å². The maximum absolute atomic E-state index is 12.6. The number of phenolic OH excluding ortho intramolecular Hbond substituents is 2. The van der Waals surface area contributed by atoms with E-state index in [1.807, 2.05) is 222 Å². The Kier molecular flexibility index (Phi) is 20.5. The zero-order valence-electron chi connectivity index (χ0n) is 107. The molecule has 16 rings (SSSR count). The zero-order chi connectivity index (χ0) is 117. The molecule has 12 aromatic carbocycles. The van der Waals surface area contributed by atoms with Crippen molar-refractivity contribution in [2.24, 2.45) is 0 Å². The maximum Gasteiger partial charge on any atom is 0.148 e. The number of aryl methyl sites for hydroxylation is 2. The van der Waals surface area contributed by atoms with Gasteiger partial charge in [-0.2, -0.15) is 0 Å². The van der Waals surface area contributed by atoms with Crippen molar-refractivity contribution in [1.29, 1.82) is 0 Å². The first-order valence-corrected chi connectivity index (χ1v) is 45.2. The van der Waals surface area contributed by atoms with Gasteiger partial charge in [0.2, 0.25) is 0 Å². The van der Waals surface area contributed by atoms with Crippen LogP contribution in [0.15, 0.2) is 243 Å². The molecule has 0 saturated heterocycles. The number of para-hydroxylation sites is 2. The molecule has 0 saturated carbocycles. The summed E-state index contributed by atoms with van der Waals surface area (Å²) in [4.78, 5) is 20.0. The molecule has 4 heterocycles. The summed E-state index contributed by atoms with van der Waals surface area (Å²) in [6.07, 6.45) is 0.870. The molecule has 16 aromatic rings. The third kappa shape index (κ3) is 21.1. The predicted molar refractivity (Wildman–Crippen MR) is 561 cm³/mol. The summed E-state index contributed by atoms with van der Waals surface area (Å²) in [5.74, 6) is -1.01. The zero-order valence-corrected chi connectivity index (χ0v) is 86.2. The van der Waals surface area contributed by atoms with Crippen LogP contribution in [0.25, 0.3) is 145 Å². The first-order valence-electron chi connectivity index (χ1n) is 57.7. The average molecular weight is 2160 g/mol. The summed E-state index contributed by atoms with van der Waals surface area (Å²) in [5.41, 5.74) is 13.0. The van der Waals surface area contributed by atoms with Crippen LogP contribution in [0.3, 0.4) is 0 Å². The Morgan fingerprint density at radius 2 is 0.724 bits per heavy atom. The normalized spacial score (nSPS) is 15.5. The Balaban J connectivity index is 0.000000260. The summed E-state index contributed by atoms with van der Waals surface area (Å²) in [7, 11) is 0. The number of phenols is 2. The Labute approximate surface area is 863 Å². The molecule has 0 bridgehead atoms. The van der Waals surface area contributed by atoms with Crippen LogP contribution in [0.1, 0.15) is 316 Å². The number of aromatic nitrogens is 6. The molecule has 0 unspecified atom stereocenters. The topological polar surface area (TPSA) is 102 Å². The second-order valence-corrected chi connectivity index (χ2v) is 42.2. The van der Waals surface area contributed by atoms with Gasteiger partial charge in [-0.25, -0.2) is 9.97 Å². The molecule has 0 aliphatic heterocycles. The molecule has 4 aromatic heterocycles. The first kappa shape index (κ1) is 71.4. The van der Waals surface area contributed by atoms with E-state index in [0.29, 0.717) is 106 Å². The minimum Gasteiger partial charge on any atom is -0.507 e. The molecular formula is C124H136N6O2Pt2-2. The van der Waals surface area contributed by atoms with E-state index in [1.54, 1.807) is 41.0 Å². The van der Waals surface area contributed by atoms with Crippen molar-refractivity contribution in [3.8, 4) is 135 Å². The summed E-state index contributed by atoms with van der Waals surface area (Å²) < 4.78 is 221. The van der Waals surface area contributed by atoms with E-state index in [9.17, 15) is 11.6 Å². The number of hydrogen-bond acceptors (Lipinski definition) is 6. The number of nitrogens with zero attached hydrogens (tertiary/aromatic N) is 6. The summed E-state index contributed by atoms with van der Waals surface area (Å²) >= 11 is 0. The molecule has 0 spiro atoms. The Morgan fingerprint density at radius 1 is 0.343 bits per heavy atom. The third-order valence-electron chi connectivity index (χ3n) is 24.7. The van der Waals surface area contributed by atoms with E-state index in [0.717, 1.165) is 55.6 Å². The van der Waals surface area contributed by atoms with Gasteiger partial charge in [0.15, 0.2) is 0 Å². The molecule has 10 heteroatoms. The Morgan fingerprint density at radius 3 is 1.10 bits per heavy atom. The van der Waals surface area contributed by atoms with Crippen molar-refractivity contribution in [2.45, 2.75) is 264 Å². The van der Waals surface area contributed by atoms with Gasteiger partial charge in [-0.05, 0) is 233 Å². The van der Waals surface area contributed by atoms with Crippen molar-refractivity contribution in [1.82, 2.24) is 29.1 Å². The smallest absolute Gasteiger partial charge is 0.148 e. The van der Waals surface area contributed by atoms with E-state index < -0.39 is 155 Å². The van der Waals surface area contributed by atoms with Gasteiger partial charge in [0.05, 0.1) is 59.6 Å². The molecule has 0 amide bonds. The fraction of sp³-hybridized carbons (Fsp3) is 0.323. The largest absolute Gasteiger partial charge is 0.507 e. The third-order valence-corrected chi connectivity index (χ3v) is 24.7. The second kappa shape index (κ2) is 38.6. The Bertz CT molecular complexity index is 8360. The van der Waals surface area contributed by atoms with Crippen molar-refractivity contribution < 1.29 is 86.6 Å². The minimum atomic E-state index is -3.01. The second-order valence-electron chi connectivity index (χ2n) is 42.2. The van der Waals surface area contributed by atoms with E-state index in [4.69, 9.17) is 47.9 Å². The fourth-order valence-electron chi connectivity index (χ4n) is 16.6. The van der Waals surface area contributed by atoms with Crippen LogP contribution < -0.4 is 0 Å². The molecular weight excluding hydrogens is 2000 g/mol. The monoisotopic (exact) mass is 2160 g/mol. The summed E-state index contributed by atoms with van der Waals surface area (Å²) in [6.45, 7) is 41.4. The number of fused-ring (bicyclic) bond motifs is 2. The average Bonchev–Trinajstić information content (AvgIpc) is 1.59. The van der Waals surface area contributed by atoms with Gasteiger partial charge in [-0.1, -0.05) is 359 Å². The van der Waals surface area contributed by atoms with Crippen LogP contribution in [-0.4, -0.2) is 39.3 Å². The van der Waals surface area contributed by atoms with Crippen LogP contribution >= 0.6 is 0 Å². The van der Waals surface area contributed by atoms with Gasteiger partial charge in [0.25, 0.3) is 0 Å². The van der Waals surface area contributed by atoms with Crippen molar-refractivity contribution in [3.63, 3.8) is 0 Å². The Hall–Kier alpha value is -11.1. The molecule has 0 atom stereocenters. The van der Waals surface area contributed by atoms with Crippen molar-refractivity contribution in [3.05, 3.63) is 333 Å². The number of imidazole rings is 2. The van der Waals surface area contributed by atoms with Gasteiger partial charge in [0.1, 0.15) is 23.1 Å². The van der Waals surface area contributed by atoms with E-state index in [2.05, 4.69) is 113 Å². The number of pyridine rings is 2. The first-order chi connectivity index (χ1) is 72.0. The predicted octanol–water partition coefficient (Wildman–Crippen LogP) is 34.0. The van der Waals surface area contributed by atoms with Crippen LogP contribution in [0.4, 0.5) is 0 Å². The van der Waals surface area contributed by atoms with Crippen LogP contribution in [0.5, 0.6) is 11.5 Å². The number of aromatic hydroxyl groups is 2. The summed E-state index contributed by atoms with van der Waals surface area (Å²) in [5, 5.41) is 25.2. The van der Waals surface area contributed by atoms with E-state index in [-0.39, 0.29) is 110 Å². The van der Waals surface area contributed by atoms with Gasteiger partial charge >= 0.3 is 0 Å². The minimum absolute atomic E-state index is 0. The van der Waals surface area contributed by atoms with Gasteiger partial charge in [-0.3, -0.25) is 19.1 Å². The van der Waals surface area contributed by atoms with E-state index in [1.165, 1.54) is 6.20 Å². The van der Waals surface area contributed by atoms with Gasteiger partial charge in [-0.15, -0.1) is 58.7 Å². The van der Waals surface area contributed by atoms with Crippen LogP contribution in [-0.2, 0) is 74.6 Å². The maximum atomic E-state index is 12.6. The molecule has 134 heavy (non-hydrogen) atoms. The van der Waals surface area contributed by atoms with Gasteiger partial charge < -0.3 is 10.2 Å². The molecule has 2 N–H and O–H groups in total. The SMILES string of the molecule is [2H]c1c([2H])c(C([2H])([2H])[2H])c([2H])c([2H])c1-c1ccnc(-c2[c-]c(-c3cccc4c3nc(-c3cc(C(C)(C)C)cc(C(C)(C)C)c3O)n4-c3ccc(-c4cc(C(C)C)cc(C([2H])(C)C)c4)cc3C([2H])([2H])[2H])cc(C(C)(C)C)c2)c1.[2H]c1nc(-c2[c-]c(-c3cccc4c3nc(-c3cc(C(C)(C)C)cc(C(C)(C)C)c3O)n4-c3ccc(-c4cc(C(C)C)cc(C([2H])(C)C)c4)cc3C([2H])([2H])[2H])cc(C(C)(C)C)c2)c([2H])c(-c2c([2H])c([2H])c(C([2H])([2H])[2H])c([2H])c2[2H])c1[2H].[Pt].[Pt]. The van der Waals surface area contributed by atoms with Crippen molar-refractivity contribution in [2.75, 3.05) is 0 Å². The number of rotatable bonds is 16.